The molecule has 1 N–H and O–H groups in total. The Balaban J connectivity index is 0.000001000. The molecule has 0 unspecified atom stereocenters. The van der Waals surface area contributed by atoms with E-state index in [-0.39, 0.29) is 17.0 Å². The highest BCUT2D eigenvalue weighted by Crippen LogP contribution is 1.94. The molecule has 0 saturated heterocycles. The Hall–Kier alpha value is -0.770. The molecule has 0 spiro atoms. The molecule has 0 saturated carbocycles. The molecule has 62 valence electrons. The molecule has 0 aliphatic rings. The van der Waals surface area contributed by atoms with Gasteiger partial charge in [0.25, 0.3) is 0 Å². The van der Waals surface area contributed by atoms with E-state index in [2.05, 4.69) is 17.0 Å². The van der Waals surface area contributed by atoms with Crippen molar-refractivity contribution >= 4 is 23.1 Å². The summed E-state index contributed by atoms with van der Waals surface area (Å²) in [5, 5.41) is 0. The largest absolute Gasteiger partial charge is 0.325 e. The Morgan fingerprint density at radius 1 is 1.82 bits per heavy atom. The first-order valence-electron chi connectivity index (χ1n) is 3.28. The molecule has 0 radical (unpaired) electrons. The zero-order valence-corrected chi connectivity index (χ0v) is 8.16. The SMILES string of the molecule is Br.C=Cc1nccn1NCC. The standard InChI is InChI=1S/C7H11N3.BrH/c1-3-7-8-5-6-10(7)9-4-2;/h3,5-6,9H,1,4H2,2H3;1H. The Kier molecular flexibility index (Phi) is 4.61. The van der Waals surface area contributed by atoms with E-state index in [1.54, 1.807) is 12.3 Å². The molecule has 1 aromatic heterocycles. The molecular weight excluding hydrogens is 206 g/mol. The molecule has 0 atom stereocenters. The van der Waals surface area contributed by atoms with Crippen LogP contribution in [0.5, 0.6) is 0 Å². The molecule has 1 aromatic rings. The Labute approximate surface area is 76.9 Å². The van der Waals surface area contributed by atoms with Gasteiger partial charge in [0.2, 0.25) is 0 Å². The van der Waals surface area contributed by atoms with Crippen LogP contribution >= 0.6 is 17.0 Å². The summed E-state index contributed by atoms with van der Waals surface area (Å²) in [5.74, 6) is 0.849. The summed E-state index contributed by atoms with van der Waals surface area (Å²) in [4.78, 5) is 4.04. The van der Waals surface area contributed by atoms with Crippen LogP contribution < -0.4 is 5.43 Å². The Morgan fingerprint density at radius 3 is 3.09 bits per heavy atom. The van der Waals surface area contributed by atoms with E-state index in [1.165, 1.54) is 0 Å². The van der Waals surface area contributed by atoms with E-state index >= 15 is 0 Å². The molecule has 0 bridgehead atoms. The average Bonchev–Trinajstić information content (AvgIpc) is 2.36. The van der Waals surface area contributed by atoms with Crippen LogP contribution in [0.3, 0.4) is 0 Å². The van der Waals surface area contributed by atoms with Gasteiger partial charge in [0.15, 0.2) is 0 Å². The smallest absolute Gasteiger partial charge is 0.150 e. The highest BCUT2D eigenvalue weighted by molar-refractivity contribution is 8.93. The second-order valence-electron chi connectivity index (χ2n) is 1.87. The number of hydrogen-bond acceptors (Lipinski definition) is 2. The van der Waals surface area contributed by atoms with Crippen molar-refractivity contribution in [3.63, 3.8) is 0 Å². The van der Waals surface area contributed by atoms with Crippen molar-refractivity contribution < 1.29 is 0 Å². The van der Waals surface area contributed by atoms with Crippen molar-refractivity contribution in [3.8, 4) is 0 Å². The maximum absolute atomic E-state index is 4.04. The van der Waals surface area contributed by atoms with Crippen LogP contribution in [0.4, 0.5) is 0 Å². The molecule has 0 aromatic carbocycles. The van der Waals surface area contributed by atoms with Gasteiger partial charge in [-0.05, 0) is 13.0 Å². The van der Waals surface area contributed by atoms with Gasteiger partial charge < -0.3 is 5.43 Å². The lowest BCUT2D eigenvalue weighted by Gasteiger charge is -2.04. The Bertz CT molecular complexity index is 219. The predicted molar refractivity (Wildman–Crippen MR) is 52.5 cm³/mol. The molecule has 0 amide bonds. The van der Waals surface area contributed by atoms with Gasteiger partial charge in [0, 0.05) is 18.9 Å². The number of nitrogens with one attached hydrogen (secondary N) is 1. The molecule has 4 heteroatoms. The van der Waals surface area contributed by atoms with Crippen LogP contribution in [0.25, 0.3) is 6.08 Å². The number of rotatable bonds is 3. The fourth-order valence-electron chi connectivity index (χ4n) is 0.770. The lowest BCUT2D eigenvalue weighted by atomic mass is 10.6. The van der Waals surface area contributed by atoms with Crippen molar-refractivity contribution in [2.75, 3.05) is 12.0 Å². The third-order valence-corrected chi connectivity index (χ3v) is 1.18. The van der Waals surface area contributed by atoms with Crippen LogP contribution in [0, 0.1) is 0 Å². The van der Waals surface area contributed by atoms with E-state index < -0.39 is 0 Å². The summed E-state index contributed by atoms with van der Waals surface area (Å²) in [6, 6.07) is 0. The predicted octanol–water partition coefficient (Wildman–Crippen LogP) is 1.67. The summed E-state index contributed by atoms with van der Waals surface area (Å²) in [6.45, 7) is 6.54. The highest BCUT2D eigenvalue weighted by Gasteiger charge is 1.92. The van der Waals surface area contributed by atoms with E-state index in [9.17, 15) is 0 Å². The number of imidazole rings is 1. The summed E-state index contributed by atoms with van der Waals surface area (Å²) in [5.41, 5.74) is 3.09. The summed E-state index contributed by atoms with van der Waals surface area (Å²) >= 11 is 0. The second kappa shape index (κ2) is 4.96. The lowest BCUT2D eigenvalue weighted by molar-refractivity contribution is 0.851. The van der Waals surface area contributed by atoms with Crippen LogP contribution in [-0.4, -0.2) is 16.2 Å². The van der Waals surface area contributed by atoms with Crippen molar-refractivity contribution in [1.82, 2.24) is 9.66 Å². The van der Waals surface area contributed by atoms with Gasteiger partial charge >= 0.3 is 0 Å². The number of nitrogens with zero attached hydrogens (tertiary/aromatic N) is 2. The maximum atomic E-state index is 4.04. The van der Waals surface area contributed by atoms with Gasteiger partial charge in [-0.25, -0.2) is 9.66 Å². The van der Waals surface area contributed by atoms with Crippen LogP contribution in [0.1, 0.15) is 12.7 Å². The van der Waals surface area contributed by atoms with E-state index in [0.29, 0.717) is 0 Å². The molecular formula is C7H12BrN3. The minimum absolute atomic E-state index is 0. The molecule has 0 aliphatic heterocycles. The number of halogens is 1. The van der Waals surface area contributed by atoms with Crippen LogP contribution in [0.15, 0.2) is 19.0 Å². The third kappa shape index (κ3) is 2.38. The normalized spacial score (nSPS) is 8.45. The lowest BCUT2D eigenvalue weighted by Crippen LogP contribution is -2.13. The summed E-state index contributed by atoms with van der Waals surface area (Å²) < 4.78 is 1.84. The minimum Gasteiger partial charge on any atom is -0.325 e. The second-order valence-corrected chi connectivity index (χ2v) is 1.87. The quantitative estimate of drug-likeness (QED) is 0.836. The summed E-state index contributed by atoms with van der Waals surface area (Å²) in [6.07, 6.45) is 5.31. The van der Waals surface area contributed by atoms with E-state index in [4.69, 9.17) is 0 Å². The molecule has 1 rings (SSSR count). The number of hydrogen-bond donors (Lipinski definition) is 1. The molecule has 0 aliphatic carbocycles. The van der Waals surface area contributed by atoms with Crippen molar-refractivity contribution in [1.29, 1.82) is 0 Å². The van der Waals surface area contributed by atoms with Crippen LogP contribution in [-0.2, 0) is 0 Å². The van der Waals surface area contributed by atoms with Gasteiger partial charge in [-0.1, -0.05) is 6.58 Å². The topological polar surface area (TPSA) is 29.9 Å². The first-order chi connectivity index (χ1) is 4.88. The van der Waals surface area contributed by atoms with Crippen molar-refractivity contribution in [3.05, 3.63) is 24.8 Å². The third-order valence-electron chi connectivity index (χ3n) is 1.18. The average molecular weight is 218 g/mol. The van der Waals surface area contributed by atoms with Crippen molar-refractivity contribution in [2.24, 2.45) is 0 Å². The summed E-state index contributed by atoms with van der Waals surface area (Å²) in [7, 11) is 0. The molecule has 3 nitrogen and oxygen atoms in total. The van der Waals surface area contributed by atoms with Gasteiger partial charge in [-0.3, -0.25) is 0 Å². The maximum Gasteiger partial charge on any atom is 0.150 e. The monoisotopic (exact) mass is 217 g/mol. The first kappa shape index (κ1) is 10.2. The van der Waals surface area contributed by atoms with Crippen molar-refractivity contribution in [2.45, 2.75) is 6.92 Å². The van der Waals surface area contributed by atoms with Gasteiger partial charge in [0.1, 0.15) is 5.82 Å². The van der Waals surface area contributed by atoms with Gasteiger partial charge in [-0.2, -0.15) is 0 Å². The van der Waals surface area contributed by atoms with Gasteiger partial charge in [0.05, 0.1) is 0 Å². The first-order valence-corrected chi connectivity index (χ1v) is 3.28. The fourth-order valence-corrected chi connectivity index (χ4v) is 0.770. The zero-order chi connectivity index (χ0) is 7.40. The van der Waals surface area contributed by atoms with E-state index in [0.717, 1.165) is 12.4 Å². The Morgan fingerprint density at radius 2 is 2.55 bits per heavy atom. The fraction of sp³-hybridized carbons (Fsp3) is 0.286. The molecule has 1 heterocycles. The van der Waals surface area contributed by atoms with E-state index in [1.807, 2.05) is 17.8 Å². The van der Waals surface area contributed by atoms with Gasteiger partial charge in [-0.15, -0.1) is 17.0 Å². The molecule has 0 fully saturated rings. The molecule has 11 heavy (non-hydrogen) atoms. The van der Waals surface area contributed by atoms with Crippen LogP contribution in [0.2, 0.25) is 0 Å². The highest BCUT2D eigenvalue weighted by atomic mass is 79.9. The minimum atomic E-state index is 0. The number of aromatic nitrogens is 2. The zero-order valence-electron chi connectivity index (χ0n) is 6.45.